The van der Waals surface area contributed by atoms with Gasteiger partial charge in [0.25, 0.3) is 0 Å². The number of carbonyl (C=O) groups is 1. The number of halogens is 1. The molecule has 19 heavy (non-hydrogen) atoms. The lowest BCUT2D eigenvalue weighted by molar-refractivity contribution is -0.129. The van der Waals surface area contributed by atoms with Gasteiger partial charge < -0.3 is 5.32 Å². The van der Waals surface area contributed by atoms with Crippen LogP contribution in [0, 0.1) is 16.7 Å². The molecule has 0 aliphatic rings. The highest BCUT2D eigenvalue weighted by Crippen LogP contribution is 2.27. The summed E-state index contributed by atoms with van der Waals surface area (Å²) < 4.78 is 1.00. The molecule has 0 bridgehead atoms. The Labute approximate surface area is 123 Å². The summed E-state index contributed by atoms with van der Waals surface area (Å²) in [5.74, 6) is -0.185. The fourth-order valence-electron chi connectivity index (χ4n) is 1.95. The zero-order valence-electron chi connectivity index (χ0n) is 11.5. The van der Waals surface area contributed by atoms with Crippen LogP contribution in [0.5, 0.6) is 0 Å². The summed E-state index contributed by atoms with van der Waals surface area (Å²) in [7, 11) is 0. The van der Waals surface area contributed by atoms with Crippen molar-refractivity contribution in [1.82, 2.24) is 5.32 Å². The molecular formula is C15H19BrN2O. The largest absolute Gasteiger partial charge is 0.348 e. The molecule has 1 amide bonds. The van der Waals surface area contributed by atoms with Crippen molar-refractivity contribution in [3.05, 3.63) is 34.3 Å². The normalized spacial score (nSPS) is 12.6. The van der Waals surface area contributed by atoms with Crippen molar-refractivity contribution in [3.8, 4) is 6.07 Å². The van der Waals surface area contributed by atoms with Gasteiger partial charge in [0, 0.05) is 4.47 Å². The van der Waals surface area contributed by atoms with Gasteiger partial charge in [0.1, 0.15) is 5.41 Å². The number of carbonyl (C=O) groups excluding carboxylic acids is 1. The van der Waals surface area contributed by atoms with Crippen LogP contribution in [0.25, 0.3) is 0 Å². The van der Waals surface area contributed by atoms with Crippen molar-refractivity contribution in [1.29, 1.82) is 5.26 Å². The quantitative estimate of drug-likeness (QED) is 0.892. The minimum atomic E-state index is -0.913. The highest BCUT2D eigenvalue weighted by Gasteiger charge is 2.35. The lowest BCUT2D eigenvalue weighted by Gasteiger charge is -2.25. The second-order valence-electron chi connectivity index (χ2n) is 4.65. The van der Waals surface area contributed by atoms with Crippen LogP contribution < -0.4 is 5.32 Å². The number of nitrogens with zero attached hydrogens (tertiary/aromatic N) is 1. The Morgan fingerprint density at radius 2 is 1.89 bits per heavy atom. The topological polar surface area (TPSA) is 52.9 Å². The third-order valence-corrected chi connectivity index (χ3v) is 4.10. The highest BCUT2D eigenvalue weighted by atomic mass is 79.9. The summed E-state index contributed by atoms with van der Waals surface area (Å²) in [6.45, 7) is 5.67. The third-order valence-electron chi connectivity index (χ3n) is 3.57. The second-order valence-corrected chi connectivity index (χ2v) is 5.56. The van der Waals surface area contributed by atoms with Crippen LogP contribution in [-0.2, 0) is 4.79 Å². The first-order valence-corrected chi connectivity index (χ1v) is 7.26. The highest BCUT2D eigenvalue weighted by molar-refractivity contribution is 9.10. The number of rotatable bonds is 5. The molecule has 0 heterocycles. The average molecular weight is 323 g/mol. The van der Waals surface area contributed by atoms with E-state index in [1.807, 2.05) is 45.0 Å². The van der Waals surface area contributed by atoms with E-state index in [1.54, 1.807) is 0 Å². The number of hydrogen-bond donors (Lipinski definition) is 1. The Morgan fingerprint density at radius 1 is 1.37 bits per heavy atom. The third kappa shape index (κ3) is 3.57. The van der Waals surface area contributed by atoms with E-state index in [-0.39, 0.29) is 11.9 Å². The van der Waals surface area contributed by atoms with Crippen LogP contribution in [0.3, 0.4) is 0 Å². The summed E-state index contributed by atoms with van der Waals surface area (Å²) in [5, 5.41) is 12.2. The number of hydrogen-bond acceptors (Lipinski definition) is 2. The monoisotopic (exact) mass is 322 g/mol. The second kappa shape index (κ2) is 6.72. The van der Waals surface area contributed by atoms with E-state index in [0.29, 0.717) is 12.8 Å². The van der Waals surface area contributed by atoms with Gasteiger partial charge in [0.2, 0.25) is 5.91 Å². The molecular weight excluding hydrogens is 304 g/mol. The van der Waals surface area contributed by atoms with Crippen LogP contribution in [0.1, 0.15) is 45.2 Å². The van der Waals surface area contributed by atoms with Crippen LogP contribution in [0.15, 0.2) is 28.7 Å². The first-order valence-electron chi connectivity index (χ1n) is 6.46. The maximum atomic E-state index is 12.3. The van der Waals surface area contributed by atoms with Crippen molar-refractivity contribution in [2.24, 2.45) is 5.41 Å². The van der Waals surface area contributed by atoms with Crippen LogP contribution >= 0.6 is 15.9 Å². The van der Waals surface area contributed by atoms with Gasteiger partial charge in [-0.1, -0.05) is 41.9 Å². The molecule has 3 nitrogen and oxygen atoms in total. The van der Waals surface area contributed by atoms with E-state index in [2.05, 4.69) is 27.3 Å². The lowest BCUT2D eigenvalue weighted by Crippen LogP contribution is -2.40. The Hall–Kier alpha value is -1.34. The Kier molecular flexibility index (Phi) is 5.56. The maximum absolute atomic E-state index is 12.3. The molecule has 0 unspecified atom stereocenters. The van der Waals surface area contributed by atoms with Gasteiger partial charge in [-0.15, -0.1) is 0 Å². The molecule has 0 saturated carbocycles. The minimum Gasteiger partial charge on any atom is -0.348 e. The van der Waals surface area contributed by atoms with Gasteiger partial charge in [-0.05, 0) is 37.5 Å². The average Bonchev–Trinajstić information content (AvgIpc) is 2.42. The van der Waals surface area contributed by atoms with Crippen molar-refractivity contribution < 1.29 is 4.79 Å². The van der Waals surface area contributed by atoms with E-state index < -0.39 is 5.41 Å². The van der Waals surface area contributed by atoms with E-state index in [1.165, 1.54) is 0 Å². The molecule has 0 spiro atoms. The molecule has 1 rings (SSSR count). The molecule has 4 heteroatoms. The summed E-state index contributed by atoms with van der Waals surface area (Å²) in [6, 6.07) is 9.85. The number of benzene rings is 1. The fraction of sp³-hybridized carbons (Fsp3) is 0.467. The molecule has 0 radical (unpaired) electrons. The number of nitrogens with one attached hydrogen (secondary N) is 1. The molecule has 0 fully saturated rings. The molecule has 0 aliphatic carbocycles. The standard InChI is InChI=1S/C15H19BrN2O/c1-4-15(5-2,10-17)14(19)18-11(3)12-6-8-13(16)9-7-12/h6-9,11H,4-5H2,1-3H3,(H,18,19)/t11-/m0/s1. The molecule has 0 aliphatic heterocycles. The maximum Gasteiger partial charge on any atom is 0.240 e. The first kappa shape index (κ1) is 15.7. The van der Waals surface area contributed by atoms with Crippen LogP contribution in [-0.4, -0.2) is 5.91 Å². The van der Waals surface area contributed by atoms with Gasteiger partial charge in [0.05, 0.1) is 12.1 Å². The van der Waals surface area contributed by atoms with E-state index in [9.17, 15) is 10.1 Å². The Bertz CT molecular complexity index is 472. The summed E-state index contributed by atoms with van der Waals surface area (Å²) in [4.78, 5) is 12.3. The Morgan fingerprint density at radius 3 is 2.32 bits per heavy atom. The van der Waals surface area contributed by atoms with E-state index in [0.717, 1.165) is 10.0 Å². The minimum absolute atomic E-state index is 0.105. The number of nitriles is 1. The predicted molar refractivity (Wildman–Crippen MR) is 79.3 cm³/mol. The molecule has 0 aromatic heterocycles. The van der Waals surface area contributed by atoms with Crippen molar-refractivity contribution >= 4 is 21.8 Å². The lowest BCUT2D eigenvalue weighted by atomic mass is 9.82. The zero-order valence-corrected chi connectivity index (χ0v) is 13.1. The fourth-order valence-corrected chi connectivity index (χ4v) is 2.21. The molecule has 1 aromatic rings. The van der Waals surface area contributed by atoms with Gasteiger partial charge >= 0.3 is 0 Å². The van der Waals surface area contributed by atoms with Gasteiger partial charge in [-0.3, -0.25) is 4.79 Å². The van der Waals surface area contributed by atoms with E-state index >= 15 is 0 Å². The van der Waals surface area contributed by atoms with Crippen molar-refractivity contribution in [2.45, 2.75) is 39.7 Å². The SMILES string of the molecule is CCC(C#N)(CC)C(=O)N[C@@H](C)c1ccc(Br)cc1. The molecule has 1 atom stereocenters. The molecule has 0 saturated heterocycles. The molecule has 1 N–H and O–H groups in total. The first-order chi connectivity index (χ1) is 8.99. The Balaban J connectivity index is 2.82. The summed E-state index contributed by atoms with van der Waals surface area (Å²) in [5.41, 5.74) is 0.111. The summed E-state index contributed by atoms with van der Waals surface area (Å²) in [6.07, 6.45) is 1.05. The van der Waals surface area contributed by atoms with E-state index in [4.69, 9.17) is 0 Å². The van der Waals surface area contributed by atoms with Crippen LogP contribution in [0.4, 0.5) is 0 Å². The van der Waals surface area contributed by atoms with Crippen molar-refractivity contribution in [3.63, 3.8) is 0 Å². The van der Waals surface area contributed by atoms with Gasteiger partial charge in [-0.25, -0.2) is 0 Å². The molecule has 1 aromatic carbocycles. The van der Waals surface area contributed by atoms with Crippen molar-refractivity contribution in [2.75, 3.05) is 0 Å². The molecule has 102 valence electrons. The van der Waals surface area contributed by atoms with Gasteiger partial charge in [-0.2, -0.15) is 5.26 Å². The predicted octanol–water partition coefficient (Wildman–Crippen LogP) is 3.96. The smallest absolute Gasteiger partial charge is 0.240 e. The van der Waals surface area contributed by atoms with Gasteiger partial charge in [0.15, 0.2) is 0 Å². The van der Waals surface area contributed by atoms with Crippen LogP contribution in [0.2, 0.25) is 0 Å². The number of amides is 1. The summed E-state index contributed by atoms with van der Waals surface area (Å²) >= 11 is 3.38. The zero-order chi connectivity index (χ0) is 14.5.